The van der Waals surface area contributed by atoms with Crippen molar-refractivity contribution in [3.05, 3.63) is 21.9 Å². The zero-order chi connectivity index (χ0) is 11.7. The average molecular weight is 260 g/mol. The van der Waals surface area contributed by atoms with Crippen LogP contribution in [0.3, 0.4) is 0 Å². The van der Waals surface area contributed by atoms with E-state index in [-0.39, 0.29) is 27.8 Å². The van der Waals surface area contributed by atoms with E-state index in [1.54, 1.807) is 0 Å². The van der Waals surface area contributed by atoms with Crippen LogP contribution in [0.4, 0.5) is 0 Å². The van der Waals surface area contributed by atoms with Crippen LogP contribution in [0.1, 0.15) is 30.1 Å². The number of nitrogens with zero attached hydrogens (tertiary/aromatic N) is 2. The number of aromatic nitrogens is 2. The van der Waals surface area contributed by atoms with Crippen LogP contribution in [0.15, 0.2) is 6.07 Å². The van der Waals surface area contributed by atoms with Crippen LogP contribution in [0.5, 0.6) is 0 Å². The van der Waals surface area contributed by atoms with Crippen LogP contribution in [0.2, 0.25) is 10.3 Å². The fraction of sp³-hybridized carbons (Fsp3) is 0.500. The second kappa shape index (κ2) is 4.55. The maximum absolute atomic E-state index is 11.8. The van der Waals surface area contributed by atoms with E-state index in [9.17, 15) is 4.79 Å². The highest BCUT2D eigenvalue weighted by Gasteiger charge is 2.36. The largest absolute Gasteiger partial charge is 0.349 e. The molecule has 0 saturated heterocycles. The van der Waals surface area contributed by atoms with Gasteiger partial charge in [-0.1, -0.05) is 36.5 Å². The van der Waals surface area contributed by atoms with Crippen LogP contribution in [0, 0.1) is 5.92 Å². The van der Waals surface area contributed by atoms with Gasteiger partial charge in [0.2, 0.25) is 0 Å². The van der Waals surface area contributed by atoms with Crippen molar-refractivity contribution in [2.75, 3.05) is 0 Å². The summed E-state index contributed by atoms with van der Waals surface area (Å²) in [5, 5.41) is 10.3. The maximum atomic E-state index is 11.8. The summed E-state index contributed by atoms with van der Waals surface area (Å²) in [6, 6.07) is 1.69. The van der Waals surface area contributed by atoms with Crippen molar-refractivity contribution in [2.45, 2.75) is 25.8 Å². The molecule has 86 valence electrons. The highest BCUT2D eigenvalue weighted by molar-refractivity contribution is 6.34. The van der Waals surface area contributed by atoms with Crippen LogP contribution >= 0.6 is 23.2 Å². The van der Waals surface area contributed by atoms with Crippen molar-refractivity contribution in [3.8, 4) is 0 Å². The fourth-order valence-corrected chi connectivity index (χ4v) is 1.96. The van der Waals surface area contributed by atoms with E-state index >= 15 is 0 Å². The van der Waals surface area contributed by atoms with Crippen LogP contribution in [0.25, 0.3) is 0 Å². The molecular weight excluding hydrogens is 249 g/mol. The quantitative estimate of drug-likeness (QED) is 0.907. The van der Waals surface area contributed by atoms with E-state index in [4.69, 9.17) is 23.2 Å². The summed E-state index contributed by atoms with van der Waals surface area (Å²) in [6.07, 6.45) is 2.11. The molecule has 1 fully saturated rings. The Hall–Kier alpha value is -0.870. The molecule has 2 atom stereocenters. The third-order valence-electron chi connectivity index (χ3n) is 2.73. The molecule has 0 aliphatic heterocycles. The Balaban J connectivity index is 2.06. The molecule has 1 aromatic rings. The van der Waals surface area contributed by atoms with Gasteiger partial charge < -0.3 is 5.32 Å². The first-order valence-electron chi connectivity index (χ1n) is 5.11. The van der Waals surface area contributed by atoms with Gasteiger partial charge >= 0.3 is 0 Å². The standard InChI is InChI=1S/C10H11Cl2N3O/c1-2-5-3-7(5)13-10(16)6-4-8(11)14-15-9(6)12/h4-5,7H,2-3H2,1H3,(H,13,16). The SMILES string of the molecule is CCC1CC1NC(=O)c1cc(Cl)nnc1Cl. The van der Waals surface area contributed by atoms with Crippen molar-refractivity contribution in [2.24, 2.45) is 5.92 Å². The van der Waals surface area contributed by atoms with Crippen molar-refractivity contribution >= 4 is 29.1 Å². The number of halogens is 2. The normalized spacial score (nSPS) is 22.9. The molecule has 0 radical (unpaired) electrons. The van der Waals surface area contributed by atoms with Gasteiger partial charge in [0.05, 0.1) is 5.56 Å². The lowest BCUT2D eigenvalue weighted by Gasteiger charge is -2.05. The first-order valence-corrected chi connectivity index (χ1v) is 5.87. The summed E-state index contributed by atoms with van der Waals surface area (Å²) in [7, 11) is 0. The lowest BCUT2D eigenvalue weighted by Crippen LogP contribution is -2.27. The molecule has 0 aromatic carbocycles. The molecule has 1 aliphatic rings. The molecule has 1 aliphatic carbocycles. The smallest absolute Gasteiger partial charge is 0.254 e. The number of carbonyl (C=O) groups is 1. The second-order valence-corrected chi connectivity index (χ2v) is 4.60. The predicted octanol–water partition coefficient (Wildman–Crippen LogP) is 2.31. The first-order chi connectivity index (χ1) is 7.61. The van der Waals surface area contributed by atoms with Gasteiger partial charge in [0.15, 0.2) is 10.3 Å². The molecule has 2 rings (SSSR count). The van der Waals surface area contributed by atoms with Crippen LogP contribution in [-0.2, 0) is 0 Å². The molecule has 1 aromatic heterocycles. The van der Waals surface area contributed by atoms with Gasteiger partial charge in [0, 0.05) is 6.04 Å². The number of hydrogen-bond donors (Lipinski definition) is 1. The fourth-order valence-electron chi connectivity index (χ4n) is 1.63. The van der Waals surface area contributed by atoms with Gasteiger partial charge in [-0.25, -0.2) is 0 Å². The average Bonchev–Trinajstić information content (AvgIpc) is 3.00. The summed E-state index contributed by atoms with van der Waals surface area (Å²) in [4.78, 5) is 11.8. The summed E-state index contributed by atoms with van der Waals surface area (Å²) < 4.78 is 0. The monoisotopic (exact) mass is 259 g/mol. The number of hydrogen-bond acceptors (Lipinski definition) is 3. The van der Waals surface area contributed by atoms with Crippen molar-refractivity contribution < 1.29 is 4.79 Å². The van der Waals surface area contributed by atoms with Gasteiger partial charge in [-0.05, 0) is 18.4 Å². The lowest BCUT2D eigenvalue weighted by atomic mass is 10.3. The molecular formula is C10H11Cl2N3O. The van der Waals surface area contributed by atoms with Crippen molar-refractivity contribution in [3.63, 3.8) is 0 Å². The minimum atomic E-state index is -0.234. The Morgan fingerprint density at radius 2 is 2.31 bits per heavy atom. The molecule has 16 heavy (non-hydrogen) atoms. The van der Waals surface area contributed by atoms with E-state index in [0.717, 1.165) is 12.8 Å². The first kappa shape index (κ1) is 11.6. The minimum Gasteiger partial charge on any atom is -0.349 e. The van der Waals surface area contributed by atoms with E-state index in [2.05, 4.69) is 22.4 Å². The Labute approximate surface area is 103 Å². The summed E-state index contributed by atoms with van der Waals surface area (Å²) >= 11 is 11.4. The van der Waals surface area contributed by atoms with E-state index in [1.165, 1.54) is 6.07 Å². The van der Waals surface area contributed by atoms with Crippen LogP contribution in [-0.4, -0.2) is 22.1 Å². The number of nitrogens with one attached hydrogen (secondary N) is 1. The molecule has 6 heteroatoms. The topological polar surface area (TPSA) is 54.9 Å². The molecule has 0 spiro atoms. The molecule has 2 unspecified atom stereocenters. The Kier molecular flexibility index (Phi) is 3.30. The van der Waals surface area contributed by atoms with E-state index in [1.807, 2.05) is 0 Å². The lowest BCUT2D eigenvalue weighted by molar-refractivity contribution is 0.0948. The summed E-state index contributed by atoms with van der Waals surface area (Å²) in [5.74, 6) is 0.357. The van der Waals surface area contributed by atoms with Crippen molar-refractivity contribution in [1.82, 2.24) is 15.5 Å². The van der Waals surface area contributed by atoms with E-state index < -0.39 is 0 Å². The minimum absolute atomic E-state index is 0.0793. The second-order valence-electron chi connectivity index (χ2n) is 3.86. The summed E-state index contributed by atoms with van der Waals surface area (Å²) in [6.45, 7) is 2.11. The van der Waals surface area contributed by atoms with Gasteiger partial charge in [0.1, 0.15) is 0 Å². The highest BCUT2D eigenvalue weighted by Crippen LogP contribution is 2.33. The van der Waals surface area contributed by atoms with E-state index in [0.29, 0.717) is 5.92 Å². The van der Waals surface area contributed by atoms with Gasteiger partial charge in [-0.3, -0.25) is 4.79 Å². The van der Waals surface area contributed by atoms with Crippen LogP contribution < -0.4 is 5.32 Å². The number of carbonyl (C=O) groups excluding carboxylic acids is 1. The molecule has 1 amide bonds. The Morgan fingerprint density at radius 3 is 2.94 bits per heavy atom. The molecule has 4 nitrogen and oxygen atoms in total. The number of amides is 1. The molecule has 0 bridgehead atoms. The highest BCUT2D eigenvalue weighted by atomic mass is 35.5. The number of rotatable bonds is 3. The third kappa shape index (κ3) is 2.44. The van der Waals surface area contributed by atoms with Gasteiger partial charge in [-0.15, -0.1) is 10.2 Å². The van der Waals surface area contributed by atoms with Gasteiger partial charge in [0.25, 0.3) is 5.91 Å². The maximum Gasteiger partial charge on any atom is 0.254 e. The summed E-state index contributed by atoms with van der Waals surface area (Å²) in [5.41, 5.74) is 0.281. The molecule has 1 heterocycles. The van der Waals surface area contributed by atoms with Crippen molar-refractivity contribution in [1.29, 1.82) is 0 Å². The van der Waals surface area contributed by atoms with Gasteiger partial charge in [-0.2, -0.15) is 0 Å². The molecule has 1 N–H and O–H groups in total. The Morgan fingerprint density at radius 1 is 1.56 bits per heavy atom. The zero-order valence-electron chi connectivity index (χ0n) is 8.70. The predicted molar refractivity (Wildman–Crippen MR) is 61.7 cm³/mol. The molecule has 1 saturated carbocycles. The zero-order valence-corrected chi connectivity index (χ0v) is 10.2. The third-order valence-corrected chi connectivity index (χ3v) is 3.19. The Bertz CT molecular complexity index is 425.